The molecule has 2 nitrogen and oxygen atoms in total. The number of halogens is 2. The second-order valence-electron chi connectivity index (χ2n) is 5.01. The molecule has 0 amide bonds. The van der Waals surface area contributed by atoms with Crippen molar-refractivity contribution in [2.45, 2.75) is 13.0 Å². The van der Waals surface area contributed by atoms with E-state index in [0.29, 0.717) is 10.0 Å². The van der Waals surface area contributed by atoms with E-state index in [0.717, 1.165) is 27.9 Å². The molecule has 0 saturated carbocycles. The fraction of sp³-hybridized carbons (Fsp3) is 0.176. The van der Waals surface area contributed by atoms with Crippen molar-refractivity contribution >= 4 is 34.2 Å². The van der Waals surface area contributed by atoms with Crippen LogP contribution in [-0.4, -0.2) is 7.05 Å². The van der Waals surface area contributed by atoms with Crippen LogP contribution in [0.5, 0.6) is 0 Å². The van der Waals surface area contributed by atoms with Crippen molar-refractivity contribution in [3.05, 3.63) is 69.4 Å². The van der Waals surface area contributed by atoms with Crippen LogP contribution in [0, 0.1) is 6.92 Å². The van der Waals surface area contributed by atoms with Gasteiger partial charge in [-0.1, -0.05) is 53.5 Å². The maximum atomic E-state index is 6.33. The van der Waals surface area contributed by atoms with Gasteiger partial charge in [-0.05, 0) is 37.2 Å². The first kappa shape index (κ1) is 14.5. The average Bonchev–Trinajstić information content (AvgIpc) is 2.89. The maximum absolute atomic E-state index is 6.33. The molecule has 1 aromatic heterocycles. The molecule has 2 aromatic carbocycles. The number of hydrogen-bond donors (Lipinski definition) is 1. The van der Waals surface area contributed by atoms with Crippen LogP contribution in [0.15, 0.2) is 46.9 Å². The van der Waals surface area contributed by atoms with Gasteiger partial charge in [0.1, 0.15) is 11.3 Å². The standard InChI is InChI=1S/C17H15Cl2NO/c1-10-5-3-6-11-9-14(21-17(10)11)16(20-2)12-7-4-8-13(18)15(12)19/h3-9,16,20H,1-2H3. The van der Waals surface area contributed by atoms with Gasteiger partial charge in [0, 0.05) is 5.39 Å². The van der Waals surface area contributed by atoms with Gasteiger partial charge in [-0.15, -0.1) is 0 Å². The first-order valence-electron chi connectivity index (χ1n) is 6.72. The van der Waals surface area contributed by atoms with Crippen molar-refractivity contribution in [1.29, 1.82) is 0 Å². The van der Waals surface area contributed by atoms with Crippen molar-refractivity contribution in [1.82, 2.24) is 5.32 Å². The molecule has 1 unspecified atom stereocenters. The van der Waals surface area contributed by atoms with Crippen LogP contribution < -0.4 is 5.32 Å². The summed E-state index contributed by atoms with van der Waals surface area (Å²) in [5, 5.41) is 5.43. The second kappa shape index (κ2) is 5.72. The van der Waals surface area contributed by atoms with Crippen LogP contribution in [-0.2, 0) is 0 Å². The van der Waals surface area contributed by atoms with E-state index in [2.05, 4.69) is 5.32 Å². The molecule has 0 saturated heterocycles. The highest BCUT2D eigenvalue weighted by Crippen LogP contribution is 2.35. The van der Waals surface area contributed by atoms with Crippen molar-refractivity contribution in [3.63, 3.8) is 0 Å². The number of fused-ring (bicyclic) bond motifs is 1. The maximum Gasteiger partial charge on any atom is 0.137 e. The van der Waals surface area contributed by atoms with E-state index in [-0.39, 0.29) is 6.04 Å². The quantitative estimate of drug-likeness (QED) is 0.703. The summed E-state index contributed by atoms with van der Waals surface area (Å²) in [5.41, 5.74) is 2.93. The highest BCUT2D eigenvalue weighted by molar-refractivity contribution is 6.42. The zero-order valence-corrected chi connectivity index (χ0v) is 13.3. The lowest BCUT2D eigenvalue weighted by Gasteiger charge is -2.16. The van der Waals surface area contributed by atoms with E-state index in [1.165, 1.54) is 0 Å². The Kier molecular flexibility index (Phi) is 3.94. The molecule has 1 atom stereocenters. The molecule has 0 fully saturated rings. The van der Waals surface area contributed by atoms with E-state index >= 15 is 0 Å². The highest BCUT2D eigenvalue weighted by Gasteiger charge is 2.20. The SMILES string of the molecule is CNC(c1cc2cccc(C)c2o1)c1cccc(Cl)c1Cl. The minimum absolute atomic E-state index is 0.136. The zero-order valence-electron chi connectivity index (χ0n) is 11.8. The molecular weight excluding hydrogens is 305 g/mol. The van der Waals surface area contributed by atoms with Crippen LogP contribution in [0.2, 0.25) is 10.0 Å². The predicted octanol–water partition coefficient (Wildman–Crippen LogP) is 5.36. The molecule has 1 heterocycles. The molecule has 0 aliphatic heterocycles. The largest absolute Gasteiger partial charge is 0.459 e. The van der Waals surface area contributed by atoms with E-state index in [9.17, 15) is 0 Å². The summed E-state index contributed by atoms with van der Waals surface area (Å²) >= 11 is 12.4. The van der Waals surface area contributed by atoms with Gasteiger partial charge in [-0.25, -0.2) is 0 Å². The zero-order chi connectivity index (χ0) is 15.0. The summed E-state index contributed by atoms with van der Waals surface area (Å²) in [6, 6.07) is 13.6. The molecule has 21 heavy (non-hydrogen) atoms. The summed E-state index contributed by atoms with van der Waals surface area (Å²) in [4.78, 5) is 0. The minimum Gasteiger partial charge on any atom is -0.459 e. The third-order valence-electron chi connectivity index (χ3n) is 3.63. The monoisotopic (exact) mass is 319 g/mol. The van der Waals surface area contributed by atoms with Crippen molar-refractivity contribution in [3.8, 4) is 0 Å². The van der Waals surface area contributed by atoms with E-state index in [1.54, 1.807) is 6.07 Å². The number of nitrogens with one attached hydrogen (secondary N) is 1. The molecule has 4 heteroatoms. The number of hydrogen-bond acceptors (Lipinski definition) is 2. The third-order valence-corrected chi connectivity index (χ3v) is 4.46. The molecule has 0 aliphatic rings. The van der Waals surface area contributed by atoms with Crippen LogP contribution in [0.25, 0.3) is 11.0 Å². The lowest BCUT2D eigenvalue weighted by atomic mass is 10.0. The normalized spacial score (nSPS) is 12.8. The Morgan fingerprint density at radius 3 is 2.57 bits per heavy atom. The van der Waals surface area contributed by atoms with Gasteiger partial charge < -0.3 is 9.73 Å². The average molecular weight is 320 g/mol. The van der Waals surface area contributed by atoms with Gasteiger partial charge in [-0.2, -0.15) is 0 Å². The number of aryl methyl sites for hydroxylation is 1. The number of para-hydroxylation sites is 1. The van der Waals surface area contributed by atoms with Gasteiger partial charge in [0.05, 0.1) is 16.1 Å². The Balaban J connectivity index is 2.14. The summed E-state index contributed by atoms with van der Waals surface area (Å²) in [5.74, 6) is 0.825. The Labute approximate surface area is 133 Å². The summed E-state index contributed by atoms with van der Waals surface area (Å²) in [6.07, 6.45) is 0. The molecule has 0 radical (unpaired) electrons. The van der Waals surface area contributed by atoms with Gasteiger partial charge in [0.15, 0.2) is 0 Å². The van der Waals surface area contributed by atoms with Crippen molar-refractivity contribution in [2.24, 2.45) is 0 Å². The molecule has 3 rings (SSSR count). The predicted molar refractivity (Wildman–Crippen MR) is 88.3 cm³/mol. The van der Waals surface area contributed by atoms with E-state index < -0.39 is 0 Å². The summed E-state index contributed by atoms with van der Waals surface area (Å²) in [7, 11) is 1.88. The van der Waals surface area contributed by atoms with E-state index in [1.807, 2.05) is 50.4 Å². The van der Waals surface area contributed by atoms with Crippen molar-refractivity contribution in [2.75, 3.05) is 7.05 Å². The minimum atomic E-state index is -0.136. The van der Waals surface area contributed by atoms with Gasteiger partial charge in [-0.3, -0.25) is 0 Å². The van der Waals surface area contributed by atoms with Gasteiger partial charge in [0.25, 0.3) is 0 Å². The molecule has 3 aromatic rings. The topological polar surface area (TPSA) is 25.2 Å². The summed E-state index contributed by atoms with van der Waals surface area (Å²) < 4.78 is 6.04. The Hall–Kier alpha value is -1.48. The first-order valence-corrected chi connectivity index (χ1v) is 7.47. The molecule has 0 aliphatic carbocycles. The highest BCUT2D eigenvalue weighted by atomic mass is 35.5. The lowest BCUT2D eigenvalue weighted by Crippen LogP contribution is -2.17. The Morgan fingerprint density at radius 2 is 1.86 bits per heavy atom. The number of rotatable bonds is 3. The Morgan fingerprint density at radius 1 is 1.10 bits per heavy atom. The van der Waals surface area contributed by atoms with Crippen molar-refractivity contribution < 1.29 is 4.42 Å². The van der Waals surface area contributed by atoms with E-state index in [4.69, 9.17) is 27.6 Å². The number of benzene rings is 2. The van der Waals surface area contributed by atoms with Crippen LogP contribution in [0.3, 0.4) is 0 Å². The molecular formula is C17H15Cl2NO. The van der Waals surface area contributed by atoms with Gasteiger partial charge >= 0.3 is 0 Å². The number of furan rings is 1. The molecule has 0 spiro atoms. The molecule has 1 N–H and O–H groups in total. The molecule has 0 bridgehead atoms. The van der Waals surface area contributed by atoms with Crippen LogP contribution >= 0.6 is 23.2 Å². The second-order valence-corrected chi connectivity index (χ2v) is 5.79. The van der Waals surface area contributed by atoms with Crippen LogP contribution in [0.1, 0.15) is 22.9 Å². The fourth-order valence-corrected chi connectivity index (χ4v) is 2.98. The first-order chi connectivity index (χ1) is 10.1. The third kappa shape index (κ3) is 2.55. The summed E-state index contributed by atoms with van der Waals surface area (Å²) in [6.45, 7) is 2.04. The molecule has 108 valence electrons. The Bertz CT molecular complexity index is 795. The van der Waals surface area contributed by atoms with Gasteiger partial charge in [0.2, 0.25) is 0 Å². The fourth-order valence-electron chi connectivity index (χ4n) is 2.57. The van der Waals surface area contributed by atoms with Crippen LogP contribution in [0.4, 0.5) is 0 Å². The lowest BCUT2D eigenvalue weighted by molar-refractivity contribution is 0.490. The smallest absolute Gasteiger partial charge is 0.137 e.